The third-order valence-electron chi connectivity index (χ3n) is 2.77. The first-order valence-corrected chi connectivity index (χ1v) is 5.75. The van der Waals surface area contributed by atoms with Crippen molar-refractivity contribution in [2.45, 2.75) is 26.3 Å². The third-order valence-corrected chi connectivity index (χ3v) is 2.77. The van der Waals surface area contributed by atoms with E-state index in [4.69, 9.17) is 14.6 Å². The zero-order valence-electron chi connectivity index (χ0n) is 11.1. The molecule has 2 N–H and O–H groups in total. The first kappa shape index (κ1) is 14.2. The molecule has 5 heteroatoms. The average Bonchev–Trinajstić information content (AvgIpc) is 2.36. The number of carboxylic acids is 1. The van der Waals surface area contributed by atoms with Crippen LogP contribution < -0.4 is 14.8 Å². The van der Waals surface area contributed by atoms with Gasteiger partial charge in [0.05, 0.1) is 14.2 Å². The Morgan fingerprint density at radius 1 is 1.33 bits per heavy atom. The van der Waals surface area contributed by atoms with Crippen LogP contribution in [0.2, 0.25) is 0 Å². The number of nitrogens with one attached hydrogen (secondary N) is 1. The first-order valence-electron chi connectivity index (χ1n) is 5.75. The summed E-state index contributed by atoms with van der Waals surface area (Å²) in [5.41, 5.74) is 1.65. The van der Waals surface area contributed by atoms with Gasteiger partial charge in [0.15, 0.2) is 11.5 Å². The molecule has 1 aromatic rings. The largest absolute Gasteiger partial charge is 0.493 e. The summed E-state index contributed by atoms with van der Waals surface area (Å²) in [6.07, 6.45) is 0.503. The molecule has 0 fully saturated rings. The topological polar surface area (TPSA) is 67.8 Å². The summed E-state index contributed by atoms with van der Waals surface area (Å²) in [4.78, 5) is 11.0. The van der Waals surface area contributed by atoms with E-state index in [-0.39, 0.29) is 0 Å². The third kappa shape index (κ3) is 3.06. The first-order chi connectivity index (χ1) is 8.53. The Morgan fingerprint density at radius 2 is 1.89 bits per heavy atom. The van der Waals surface area contributed by atoms with Gasteiger partial charge in [-0.3, -0.25) is 0 Å². The highest BCUT2D eigenvalue weighted by atomic mass is 16.5. The van der Waals surface area contributed by atoms with E-state index in [2.05, 4.69) is 5.32 Å². The van der Waals surface area contributed by atoms with Gasteiger partial charge in [-0.05, 0) is 25.0 Å². The maximum Gasteiger partial charge on any atom is 0.326 e. The molecule has 0 saturated carbocycles. The summed E-state index contributed by atoms with van der Waals surface area (Å²) in [7, 11) is 3.11. The quantitative estimate of drug-likeness (QED) is 0.814. The Balaban J connectivity index is 3.05. The Hall–Kier alpha value is -1.91. The van der Waals surface area contributed by atoms with Crippen LogP contribution in [0.1, 0.15) is 18.9 Å². The molecule has 100 valence electrons. The number of carbonyl (C=O) groups is 1. The fraction of sp³-hybridized carbons (Fsp3) is 0.462. The van der Waals surface area contributed by atoms with Crippen LogP contribution in [0.4, 0.5) is 5.69 Å². The van der Waals surface area contributed by atoms with Crippen LogP contribution in [-0.2, 0) is 4.79 Å². The lowest BCUT2D eigenvalue weighted by atomic mass is 10.1. The number of hydrogen-bond donors (Lipinski definition) is 2. The van der Waals surface area contributed by atoms with Crippen molar-refractivity contribution in [1.29, 1.82) is 0 Å². The second-order valence-corrected chi connectivity index (χ2v) is 3.97. The van der Waals surface area contributed by atoms with Gasteiger partial charge in [-0.25, -0.2) is 4.79 Å². The maximum absolute atomic E-state index is 11.0. The predicted molar refractivity (Wildman–Crippen MR) is 69.6 cm³/mol. The van der Waals surface area contributed by atoms with Crippen molar-refractivity contribution in [2.75, 3.05) is 19.5 Å². The number of rotatable bonds is 6. The fourth-order valence-corrected chi connectivity index (χ4v) is 1.66. The van der Waals surface area contributed by atoms with E-state index in [0.29, 0.717) is 17.9 Å². The number of benzene rings is 1. The van der Waals surface area contributed by atoms with E-state index in [9.17, 15) is 4.79 Å². The van der Waals surface area contributed by atoms with Gasteiger partial charge >= 0.3 is 5.97 Å². The zero-order valence-corrected chi connectivity index (χ0v) is 11.1. The molecule has 1 atom stereocenters. The van der Waals surface area contributed by atoms with E-state index in [1.54, 1.807) is 20.3 Å². The number of ether oxygens (including phenoxy) is 2. The summed E-state index contributed by atoms with van der Waals surface area (Å²) in [5, 5.41) is 12.0. The number of anilines is 1. The van der Waals surface area contributed by atoms with Crippen LogP contribution in [-0.4, -0.2) is 31.3 Å². The Labute approximate surface area is 107 Å². The Bertz CT molecular complexity index is 431. The van der Waals surface area contributed by atoms with Gasteiger partial charge in [0.2, 0.25) is 0 Å². The second-order valence-electron chi connectivity index (χ2n) is 3.97. The van der Waals surface area contributed by atoms with Crippen molar-refractivity contribution in [1.82, 2.24) is 0 Å². The van der Waals surface area contributed by atoms with E-state index in [0.717, 1.165) is 11.3 Å². The van der Waals surface area contributed by atoms with Crippen molar-refractivity contribution in [2.24, 2.45) is 0 Å². The molecule has 0 saturated heterocycles. The lowest BCUT2D eigenvalue weighted by Crippen LogP contribution is -2.28. The van der Waals surface area contributed by atoms with Crippen molar-refractivity contribution < 1.29 is 19.4 Å². The number of carboxylic acid groups (broad SMARTS) is 1. The standard InChI is InChI=1S/C13H19NO4/c1-5-9(13(15)16)14-10-7-12(18-4)11(17-3)6-8(10)2/h6-7,9,14H,5H2,1-4H3,(H,15,16). The highest BCUT2D eigenvalue weighted by molar-refractivity contribution is 5.78. The summed E-state index contributed by atoms with van der Waals surface area (Å²) in [6, 6.07) is 2.96. The van der Waals surface area contributed by atoms with Gasteiger partial charge in [0.1, 0.15) is 6.04 Å². The van der Waals surface area contributed by atoms with E-state index >= 15 is 0 Å². The monoisotopic (exact) mass is 253 g/mol. The van der Waals surface area contributed by atoms with Gasteiger partial charge in [-0.15, -0.1) is 0 Å². The van der Waals surface area contributed by atoms with Crippen molar-refractivity contribution in [3.8, 4) is 11.5 Å². The summed E-state index contributed by atoms with van der Waals surface area (Å²) in [6.45, 7) is 3.71. The SMILES string of the molecule is CCC(Nc1cc(OC)c(OC)cc1C)C(=O)O. The average molecular weight is 253 g/mol. The van der Waals surface area contributed by atoms with Crippen LogP contribution in [0, 0.1) is 6.92 Å². The summed E-state index contributed by atoms with van der Waals surface area (Å²) in [5.74, 6) is 0.335. The zero-order chi connectivity index (χ0) is 13.7. The lowest BCUT2D eigenvalue weighted by Gasteiger charge is -2.18. The minimum absolute atomic E-state index is 0.503. The van der Waals surface area contributed by atoms with E-state index < -0.39 is 12.0 Å². The molecule has 1 rings (SSSR count). The van der Waals surface area contributed by atoms with E-state index in [1.165, 1.54) is 0 Å². The molecule has 0 aliphatic heterocycles. The van der Waals surface area contributed by atoms with Gasteiger partial charge in [-0.2, -0.15) is 0 Å². The van der Waals surface area contributed by atoms with Crippen molar-refractivity contribution in [3.05, 3.63) is 17.7 Å². The summed E-state index contributed by atoms with van der Waals surface area (Å²) >= 11 is 0. The molecule has 1 aromatic carbocycles. The second kappa shape index (κ2) is 6.14. The molecule has 0 aromatic heterocycles. The molecule has 1 unspecified atom stereocenters. The van der Waals surface area contributed by atoms with Gasteiger partial charge < -0.3 is 19.9 Å². The molecule has 0 bridgehead atoms. The number of methoxy groups -OCH3 is 2. The van der Waals surface area contributed by atoms with Crippen LogP contribution in [0.15, 0.2) is 12.1 Å². The molecule has 5 nitrogen and oxygen atoms in total. The highest BCUT2D eigenvalue weighted by Crippen LogP contribution is 2.33. The Morgan fingerprint density at radius 3 is 2.33 bits per heavy atom. The van der Waals surface area contributed by atoms with Crippen LogP contribution in [0.5, 0.6) is 11.5 Å². The van der Waals surface area contributed by atoms with Crippen LogP contribution in [0.3, 0.4) is 0 Å². The van der Waals surface area contributed by atoms with Crippen LogP contribution in [0.25, 0.3) is 0 Å². The van der Waals surface area contributed by atoms with Gasteiger partial charge in [0.25, 0.3) is 0 Å². The number of hydrogen-bond acceptors (Lipinski definition) is 4. The minimum Gasteiger partial charge on any atom is -0.493 e. The molecule has 0 aliphatic carbocycles. The molecule has 0 spiro atoms. The van der Waals surface area contributed by atoms with Gasteiger partial charge in [0, 0.05) is 11.8 Å². The normalized spacial score (nSPS) is 11.8. The minimum atomic E-state index is -0.869. The number of aryl methyl sites for hydroxylation is 1. The maximum atomic E-state index is 11.0. The molecule has 0 amide bonds. The smallest absolute Gasteiger partial charge is 0.326 e. The fourth-order valence-electron chi connectivity index (χ4n) is 1.66. The summed E-state index contributed by atoms with van der Waals surface area (Å²) < 4.78 is 10.4. The van der Waals surface area contributed by atoms with Crippen LogP contribution >= 0.6 is 0 Å². The van der Waals surface area contributed by atoms with E-state index in [1.807, 2.05) is 19.9 Å². The molecule has 18 heavy (non-hydrogen) atoms. The van der Waals surface area contributed by atoms with Gasteiger partial charge in [-0.1, -0.05) is 6.92 Å². The molecular formula is C13H19NO4. The number of aliphatic carboxylic acids is 1. The van der Waals surface area contributed by atoms with Crippen molar-refractivity contribution >= 4 is 11.7 Å². The van der Waals surface area contributed by atoms with Crippen molar-refractivity contribution in [3.63, 3.8) is 0 Å². The predicted octanol–water partition coefficient (Wildman–Crippen LogP) is 2.29. The Kier molecular flexibility index (Phi) is 4.83. The molecule has 0 radical (unpaired) electrons. The molecule has 0 aliphatic rings. The molecular weight excluding hydrogens is 234 g/mol. The molecule has 0 heterocycles. The lowest BCUT2D eigenvalue weighted by molar-refractivity contribution is -0.137. The highest BCUT2D eigenvalue weighted by Gasteiger charge is 2.17.